The zero-order chi connectivity index (χ0) is 10.4. The molecule has 1 N–H and O–H groups in total. The van der Waals surface area contributed by atoms with Crippen molar-refractivity contribution in [1.82, 2.24) is 4.98 Å². The van der Waals surface area contributed by atoms with Gasteiger partial charge in [0.1, 0.15) is 0 Å². The van der Waals surface area contributed by atoms with Gasteiger partial charge in [-0.1, -0.05) is 6.08 Å². The molecule has 3 heteroatoms. The van der Waals surface area contributed by atoms with Gasteiger partial charge in [-0.2, -0.15) is 4.39 Å². The number of aromatic nitrogens is 1. The number of anilines is 1. The van der Waals surface area contributed by atoms with Crippen molar-refractivity contribution in [2.24, 2.45) is 0 Å². The first-order valence-electron chi connectivity index (χ1n) is 4.71. The lowest BCUT2D eigenvalue weighted by molar-refractivity contribution is 0.583. The number of rotatable bonds is 5. The summed E-state index contributed by atoms with van der Waals surface area (Å²) >= 11 is 0. The highest BCUT2D eigenvalue weighted by atomic mass is 19.1. The van der Waals surface area contributed by atoms with E-state index in [1.54, 1.807) is 6.07 Å². The van der Waals surface area contributed by atoms with E-state index in [1.165, 1.54) is 12.3 Å². The Kier molecular flexibility index (Phi) is 4.11. The van der Waals surface area contributed by atoms with Crippen LogP contribution in [0.15, 0.2) is 31.0 Å². The highest BCUT2D eigenvalue weighted by molar-refractivity contribution is 5.40. The number of pyridine rings is 1. The summed E-state index contributed by atoms with van der Waals surface area (Å²) in [6.45, 7) is 5.74. The normalized spacial score (nSPS) is 12.1. The smallest absolute Gasteiger partial charge is 0.212 e. The fourth-order valence-electron chi connectivity index (χ4n) is 1.19. The number of halogens is 1. The topological polar surface area (TPSA) is 24.9 Å². The quantitative estimate of drug-likeness (QED) is 0.575. The third-order valence-corrected chi connectivity index (χ3v) is 1.94. The Hall–Kier alpha value is -1.38. The van der Waals surface area contributed by atoms with E-state index in [4.69, 9.17) is 0 Å². The lowest BCUT2D eigenvalue weighted by Gasteiger charge is -2.13. The van der Waals surface area contributed by atoms with Gasteiger partial charge in [-0.3, -0.25) is 0 Å². The molecule has 14 heavy (non-hydrogen) atoms. The monoisotopic (exact) mass is 194 g/mol. The molecule has 0 radical (unpaired) electrons. The molecule has 0 aliphatic rings. The fourth-order valence-corrected chi connectivity index (χ4v) is 1.19. The molecule has 2 nitrogen and oxygen atoms in total. The van der Waals surface area contributed by atoms with Gasteiger partial charge in [0, 0.05) is 6.04 Å². The van der Waals surface area contributed by atoms with E-state index in [0.717, 1.165) is 18.5 Å². The molecule has 0 aliphatic carbocycles. The predicted octanol–water partition coefficient (Wildman–Crippen LogP) is 2.99. The lowest BCUT2D eigenvalue weighted by Crippen LogP contribution is -2.14. The number of hydrogen-bond acceptors (Lipinski definition) is 2. The molecule has 1 heterocycles. The highest BCUT2D eigenvalue weighted by Crippen LogP contribution is 2.09. The first-order valence-corrected chi connectivity index (χ1v) is 4.71. The van der Waals surface area contributed by atoms with Crippen molar-refractivity contribution in [1.29, 1.82) is 0 Å². The molecule has 1 rings (SSSR count). The van der Waals surface area contributed by atoms with Crippen molar-refractivity contribution < 1.29 is 4.39 Å². The first-order chi connectivity index (χ1) is 6.72. The van der Waals surface area contributed by atoms with Gasteiger partial charge in [-0.15, -0.1) is 6.58 Å². The van der Waals surface area contributed by atoms with Crippen molar-refractivity contribution in [3.8, 4) is 0 Å². The maximum Gasteiger partial charge on any atom is 0.212 e. The Morgan fingerprint density at radius 3 is 3.00 bits per heavy atom. The number of hydrogen-bond donors (Lipinski definition) is 1. The second-order valence-corrected chi connectivity index (χ2v) is 3.28. The average Bonchev–Trinajstić information content (AvgIpc) is 2.18. The van der Waals surface area contributed by atoms with Crippen LogP contribution in [0.3, 0.4) is 0 Å². The average molecular weight is 194 g/mol. The second kappa shape index (κ2) is 5.37. The Morgan fingerprint density at radius 1 is 1.64 bits per heavy atom. The van der Waals surface area contributed by atoms with Crippen LogP contribution in [0.2, 0.25) is 0 Å². The van der Waals surface area contributed by atoms with Gasteiger partial charge in [0.25, 0.3) is 0 Å². The van der Waals surface area contributed by atoms with Gasteiger partial charge < -0.3 is 5.32 Å². The summed E-state index contributed by atoms with van der Waals surface area (Å²) in [5, 5.41) is 3.23. The molecule has 76 valence electrons. The van der Waals surface area contributed by atoms with E-state index in [9.17, 15) is 4.39 Å². The Labute approximate surface area is 83.9 Å². The maximum absolute atomic E-state index is 12.5. The number of nitrogens with one attached hydrogen (secondary N) is 1. The minimum atomic E-state index is -0.450. The molecule has 0 amide bonds. The van der Waals surface area contributed by atoms with E-state index in [2.05, 4.69) is 23.8 Å². The van der Waals surface area contributed by atoms with Gasteiger partial charge in [-0.05, 0) is 31.9 Å². The van der Waals surface area contributed by atoms with Crippen LogP contribution in [0.25, 0.3) is 0 Å². The standard InChI is InChI=1S/C11H15FN2/c1-3-4-5-9(2)14-10-6-7-11(12)13-8-10/h3,6-9,14H,1,4-5H2,2H3. The maximum atomic E-state index is 12.5. The largest absolute Gasteiger partial charge is 0.381 e. The zero-order valence-electron chi connectivity index (χ0n) is 8.33. The molecule has 1 atom stereocenters. The summed E-state index contributed by atoms with van der Waals surface area (Å²) in [6.07, 6.45) is 5.38. The lowest BCUT2D eigenvalue weighted by atomic mass is 10.2. The third-order valence-electron chi connectivity index (χ3n) is 1.94. The minimum absolute atomic E-state index is 0.347. The molecule has 1 aromatic heterocycles. The summed E-state index contributed by atoms with van der Waals surface area (Å²) < 4.78 is 12.5. The van der Waals surface area contributed by atoms with E-state index < -0.39 is 5.95 Å². The molecule has 1 unspecified atom stereocenters. The predicted molar refractivity (Wildman–Crippen MR) is 56.7 cm³/mol. The Morgan fingerprint density at radius 2 is 2.43 bits per heavy atom. The van der Waals surface area contributed by atoms with Crippen molar-refractivity contribution in [2.75, 3.05) is 5.32 Å². The van der Waals surface area contributed by atoms with Crippen LogP contribution in [-0.2, 0) is 0 Å². The summed E-state index contributed by atoms with van der Waals surface area (Å²) in [4.78, 5) is 3.56. The van der Waals surface area contributed by atoms with Crippen molar-refractivity contribution in [3.05, 3.63) is 36.9 Å². The van der Waals surface area contributed by atoms with Crippen LogP contribution < -0.4 is 5.32 Å². The van der Waals surface area contributed by atoms with Crippen molar-refractivity contribution in [3.63, 3.8) is 0 Å². The number of allylic oxidation sites excluding steroid dienone is 1. The second-order valence-electron chi connectivity index (χ2n) is 3.28. The zero-order valence-corrected chi connectivity index (χ0v) is 8.33. The Balaban J connectivity index is 2.43. The summed E-state index contributed by atoms with van der Waals surface area (Å²) in [5.74, 6) is -0.450. The summed E-state index contributed by atoms with van der Waals surface area (Å²) in [5.41, 5.74) is 0.850. The molecule has 0 aromatic carbocycles. The fraction of sp³-hybridized carbons (Fsp3) is 0.364. The first kappa shape index (κ1) is 10.7. The minimum Gasteiger partial charge on any atom is -0.381 e. The molecular weight excluding hydrogens is 179 g/mol. The van der Waals surface area contributed by atoms with Gasteiger partial charge in [0.05, 0.1) is 11.9 Å². The van der Waals surface area contributed by atoms with E-state index in [-0.39, 0.29) is 0 Å². The van der Waals surface area contributed by atoms with E-state index in [1.807, 2.05) is 6.08 Å². The van der Waals surface area contributed by atoms with Gasteiger partial charge in [0.2, 0.25) is 5.95 Å². The van der Waals surface area contributed by atoms with Gasteiger partial charge >= 0.3 is 0 Å². The SMILES string of the molecule is C=CCCC(C)Nc1ccc(F)nc1. The van der Waals surface area contributed by atoms with Crippen molar-refractivity contribution >= 4 is 5.69 Å². The Bertz CT molecular complexity index is 282. The number of nitrogens with zero attached hydrogens (tertiary/aromatic N) is 1. The molecule has 0 saturated carbocycles. The molecule has 0 saturated heterocycles. The van der Waals surface area contributed by atoms with Crippen LogP contribution in [0.4, 0.5) is 10.1 Å². The van der Waals surface area contributed by atoms with Crippen LogP contribution in [-0.4, -0.2) is 11.0 Å². The van der Waals surface area contributed by atoms with Gasteiger partial charge in [-0.25, -0.2) is 4.98 Å². The van der Waals surface area contributed by atoms with E-state index >= 15 is 0 Å². The molecule has 1 aromatic rings. The molecular formula is C11H15FN2. The van der Waals surface area contributed by atoms with Crippen LogP contribution in [0.5, 0.6) is 0 Å². The molecule has 0 fully saturated rings. The van der Waals surface area contributed by atoms with E-state index in [0.29, 0.717) is 6.04 Å². The summed E-state index contributed by atoms with van der Waals surface area (Å²) in [6, 6.07) is 3.38. The van der Waals surface area contributed by atoms with Crippen LogP contribution in [0, 0.1) is 5.95 Å². The molecule has 0 aliphatic heterocycles. The summed E-state index contributed by atoms with van der Waals surface area (Å²) in [7, 11) is 0. The molecule has 0 spiro atoms. The highest BCUT2D eigenvalue weighted by Gasteiger charge is 2.00. The van der Waals surface area contributed by atoms with Crippen LogP contribution >= 0.6 is 0 Å². The van der Waals surface area contributed by atoms with Gasteiger partial charge in [0.15, 0.2) is 0 Å². The third kappa shape index (κ3) is 3.56. The van der Waals surface area contributed by atoms with Crippen LogP contribution in [0.1, 0.15) is 19.8 Å². The van der Waals surface area contributed by atoms with Crippen molar-refractivity contribution in [2.45, 2.75) is 25.8 Å². The molecule has 0 bridgehead atoms.